The summed E-state index contributed by atoms with van der Waals surface area (Å²) in [6.07, 6.45) is 4.49. The Morgan fingerprint density at radius 3 is 3.16 bits per heavy atom. The topological polar surface area (TPSA) is 48.1 Å². The van der Waals surface area contributed by atoms with E-state index in [0.717, 1.165) is 27.8 Å². The number of nitrogens with zero attached hydrogens (tertiary/aromatic N) is 1. The summed E-state index contributed by atoms with van der Waals surface area (Å²) in [7, 11) is 0. The largest absolute Gasteiger partial charge is 0.489 e. The monoisotopic (exact) mass is 292 g/mol. The summed E-state index contributed by atoms with van der Waals surface area (Å²) in [5, 5.41) is 0.758. The number of benzene rings is 1. The van der Waals surface area contributed by atoms with Gasteiger partial charge in [0.25, 0.3) is 0 Å². The van der Waals surface area contributed by atoms with Crippen LogP contribution in [0.5, 0.6) is 5.75 Å². The maximum atomic E-state index is 5.98. The number of halogens is 1. The van der Waals surface area contributed by atoms with Gasteiger partial charge in [0.05, 0.1) is 11.9 Å². The highest BCUT2D eigenvalue weighted by molar-refractivity contribution is 7.99. The summed E-state index contributed by atoms with van der Waals surface area (Å²) in [5.74, 6) is 1.80. The second kappa shape index (κ2) is 5.31. The van der Waals surface area contributed by atoms with Gasteiger partial charge >= 0.3 is 0 Å². The van der Waals surface area contributed by atoms with Crippen molar-refractivity contribution >= 4 is 29.1 Å². The highest BCUT2D eigenvalue weighted by atomic mass is 35.5. The van der Waals surface area contributed by atoms with Gasteiger partial charge in [-0.3, -0.25) is 4.98 Å². The minimum absolute atomic E-state index is 0.172. The van der Waals surface area contributed by atoms with E-state index >= 15 is 0 Å². The van der Waals surface area contributed by atoms with Crippen LogP contribution in [0.3, 0.4) is 0 Å². The third-order valence-electron chi connectivity index (χ3n) is 3.00. The van der Waals surface area contributed by atoms with Crippen molar-refractivity contribution in [3.8, 4) is 5.75 Å². The van der Waals surface area contributed by atoms with Gasteiger partial charge in [-0.05, 0) is 29.8 Å². The minimum atomic E-state index is 0.172. The molecule has 1 aliphatic rings. The zero-order valence-corrected chi connectivity index (χ0v) is 11.7. The van der Waals surface area contributed by atoms with Crippen LogP contribution in [0.2, 0.25) is 5.02 Å². The molecule has 5 heteroatoms. The van der Waals surface area contributed by atoms with E-state index in [1.165, 1.54) is 5.56 Å². The molecule has 0 amide bonds. The van der Waals surface area contributed by atoms with Gasteiger partial charge in [-0.25, -0.2) is 0 Å². The fourth-order valence-electron chi connectivity index (χ4n) is 2.09. The number of fused-ring (bicyclic) bond motifs is 1. The number of pyridine rings is 1. The van der Waals surface area contributed by atoms with Gasteiger partial charge in [0.15, 0.2) is 0 Å². The first-order valence-electron chi connectivity index (χ1n) is 6.00. The molecule has 3 rings (SSSR count). The summed E-state index contributed by atoms with van der Waals surface area (Å²) in [5.41, 5.74) is 7.76. The fraction of sp³-hybridized carbons (Fsp3) is 0.214. The van der Waals surface area contributed by atoms with Gasteiger partial charge in [-0.2, -0.15) is 0 Å². The van der Waals surface area contributed by atoms with Crippen molar-refractivity contribution in [2.75, 3.05) is 11.5 Å². The Kier molecular flexibility index (Phi) is 3.53. The summed E-state index contributed by atoms with van der Waals surface area (Å²) >= 11 is 7.68. The molecular formula is C14H13ClN2OS. The van der Waals surface area contributed by atoms with Crippen molar-refractivity contribution in [1.29, 1.82) is 0 Å². The lowest BCUT2D eigenvalue weighted by Gasteiger charge is -2.10. The van der Waals surface area contributed by atoms with Crippen molar-refractivity contribution < 1.29 is 4.74 Å². The first-order chi connectivity index (χ1) is 9.22. The molecule has 2 aromatic rings. The SMILES string of the molecule is Nc1cnccc1SCC1Cc2cc(Cl)ccc2O1. The van der Waals surface area contributed by atoms with Crippen molar-refractivity contribution in [3.63, 3.8) is 0 Å². The van der Waals surface area contributed by atoms with E-state index < -0.39 is 0 Å². The highest BCUT2D eigenvalue weighted by Gasteiger charge is 2.23. The molecule has 1 atom stereocenters. The number of ether oxygens (including phenoxy) is 1. The van der Waals surface area contributed by atoms with E-state index in [2.05, 4.69) is 4.98 Å². The summed E-state index contributed by atoms with van der Waals surface area (Å²) < 4.78 is 5.89. The van der Waals surface area contributed by atoms with E-state index in [4.69, 9.17) is 22.1 Å². The maximum absolute atomic E-state index is 5.98. The third kappa shape index (κ3) is 2.80. The smallest absolute Gasteiger partial charge is 0.123 e. The van der Waals surface area contributed by atoms with E-state index in [1.807, 2.05) is 24.3 Å². The van der Waals surface area contributed by atoms with E-state index in [1.54, 1.807) is 24.2 Å². The Labute approximate surface area is 121 Å². The van der Waals surface area contributed by atoms with Crippen LogP contribution in [0.4, 0.5) is 5.69 Å². The van der Waals surface area contributed by atoms with Crippen molar-refractivity contribution in [2.45, 2.75) is 17.4 Å². The Balaban J connectivity index is 1.63. The van der Waals surface area contributed by atoms with Gasteiger partial charge in [-0.1, -0.05) is 11.6 Å². The van der Waals surface area contributed by atoms with Crippen LogP contribution in [0.15, 0.2) is 41.6 Å². The second-order valence-electron chi connectivity index (χ2n) is 4.42. The second-order valence-corrected chi connectivity index (χ2v) is 5.92. The maximum Gasteiger partial charge on any atom is 0.123 e. The highest BCUT2D eigenvalue weighted by Crippen LogP contribution is 2.34. The Morgan fingerprint density at radius 1 is 1.42 bits per heavy atom. The molecular weight excluding hydrogens is 280 g/mol. The van der Waals surface area contributed by atoms with Crippen LogP contribution in [0, 0.1) is 0 Å². The number of thioether (sulfide) groups is 1. The fourth-order valence-corrected chi connectivity index (χ4v) is 3.21. The predicted molar refractivity (Wildman–Crippen MR) is 78.9 cm³/mol. The van der Waals surface area contributed by atoms with E-state index in [9.17, 15) is 0 Å². The van der Waals surface area contributed by atoms with Crippen molar-refractivity contribution in [2.24, 2.45) is 0 Å². The number of rotatable bonds is 3. The van der Waals surface area contributed by atoms with Crippen LogP contribution in [0.25, 0.3) is 0 Å². The molecule has 1 aliphatic heterocycles. The van der Waals surface area contributed by atoms with Crippen LogP contribution < -0.4 is 10.5 Å². The van der Waals surface area contributed by atoms with Crippen LogP contribution in [-0.4, -0.2) is 16.8 Å². The van der Waals surface area contributed by atoms with Crippen molar-refractivity contribution in [3.05, 3.63) is 47.2 Å². The lowest BCUT2D eigenvalue weighted by molar-refractivity contribution is 0.259. The Hall–Kier alpha value is -1.39. The zero-order chi connectivity index (χ0) is 13.2. The van der Waals surface area contributed by atoms with Gasteiger partial charge in [0.1, 0.15) is 11.9 Å². The summed E-state index contributed by atoms with van der Waals surface area (Å²) in [4.78, 5) is 5.03. The van der Waals surface area contributed by atoms with E-state index in [-0.39, 0.29) is 6.10 Å². The Morgan fingerprint density at radius 2 is 2.32 bits per heavy atom. The van der Waals surface area contributed by atoms with Gasteiger partial charge in [0.2, 0.25) is 0 Å². The first-order valence-corrected chi connectivity index (χ1v) is 7.36. The number of nitrogens with two attached hydrogens (primary N) is 1. The molecule has 0 bridgehead atoms. The normalized spacial score (nSPS) is 17.0. The van der Waals surface area contributed by atoms with Crippen LogP contribution in [-0.2, 0) is 6.42 Å². The number of hydrogen-bond acceptors (Lipinski definition) is 4. The molecule has 2 N–H and O–H groups in total. The molecule has 1 unspecified atom stereocenters. The van der Waals surface area contributed by atoms with Crippen LogP contribution >= 0.6 is 23.4 Å². The predicted octanol–water partition coefficient (Wildman–Crippen LogP) is 3.41. The molecule has 1 aromatic heterocycles. The first kappa shape index (κ1) is 12.6. The third-order valence-corrected chi connectivity index (χ3v) is 4.45. The molecule has 98 valence electrons. The quantitative estimate of drug-likeness (QED) is 0.881. The molecule has 19 heavy (non-hydrogen) atoms. The molecule has 0 aliphatic carbocycles. The average molecular weight is 293 g/mol. The molecule has 2 heterocycles. The minimum Gasteiger partial charge on any atom is -0.489 e. The molecule has 0 spiro atoms. The summed E-state index contributed by atoms with van der Waals surface area (Å²) in [6, 6.07) is 7.70. The van der Waals surface area contributed by atoms with Crippen LogP contribution in [0.1, 0.15) is 5.56 Å². The van der Waals surface area contributed by atoms with Gasteiger partial charge in [-0.15, -0.1) is 11.8 Å². The number of aromatic nitrogens is 1. The average Bonchev–Trinajstić information content (AvgIpc) is 2.79. The molecule has 0 fully saturated rings. The number of nitrogen functional groups attached to an aromatic ring is 1. The lowest BCUT2D eigenvalue weighted by atomic mass is 10.1. The lowest BCUT2D eigenvalue weighted by Crippen LogP contribution is -2.15. The number of hydrogen-bond donors (Lipinski definition) is 1. The van der Waals surface area contributed by atoms with E-state index in [0.29, 0.717) is 5.69 Å². The molecule has 1 aromatic carbocycles. The molecule has 0 saturated carbocycles. The Bertz CT molecular complexity index is 606. The van der Waals surface area contributed by atoms with Gasteiger partial charge in [0, 0.05) is 28.3 Å². The number of anilines is 1. The van der Waals surface area contributed by atoms with Crippen molar-refractivity contribution in [1.82, 2.24) is 4.98 Å². The molecule has 0 radical (unpaired) electrons. The summed E-state index contributed by atoms with van der Waals surface area (Å²) in [6.45, 7) is 0. The zero-order valence-electron chi connectivity index (χ0n) is 10.2. The molecule has 0 saturated heterocycles. The van der Waals surface area contributed by atoms with Gasteiger partial charge < -0.3 is 10.5 Å². The standard InChI is InChI=1S/C14H13ClN2OS/c15-10-1-2-13-9(5-10)6-11(18-13)8-19-14-3-4-17-7-12(14)16/h1-5,7,11H,6,8,16H2. The molecule has 3 nitrogen and oxygen atoms in total.